The summed E-state index contributed by atoms with van der Waals surface area (Å²) in [6, 6.07) is 6.62. The molecule has 2 N–H and O–H groups in total. The first-order chi connectivity index (χ1) is 12.1. The highest BCUT2D eigenvalue weighted by Crippen LogP contribution is 2.25. The van der Waals surface area contributed by atoms with Crippen molar-refractivity contribution in [1.82, 2.24) is 4.90 Å². The maximum absolute atomic E-state index is 13.0. The monoisotopic (exact) mass is 350 g/mol. The van der Waals surface area contributed by atoms with Gasteiger partial charge in [0.15, 0.2) is 5.96 Å². The highest BCUT2D eigenvalue weighted by molar-refractivity contribution is 5.78. The van der Waals surface area contributed by atoms with Crippen LogP contribution in [0.2, 0.25) is 0 Å². The summed E-state index contributed by atoms with van der Waals surface area (Å²) in [5, 5.41) is 0. The lowest BCUT2D eigenvalue weighted by atomic mass is 9.94. The van der Waals surface area contributed by atoms with Crippen LogP contribution in [-0.4, -0.2) is 69.5 Å². The van der Waals surface area contributed by atoms with Gasteiger partial charge in [-0.05, 0) is 24.3 Å². The number of rotatable bonds is 4. The number of piperazine rings is 1. The van der Waals surface area contributed by atoms with E-state index >= 15 is 0 Å². The number of anilines is 1. The van der Waals surface area contributed by atoms with Crippen molar-refractivity contribution in [1.29, 1.82) is 0 Å². The molecule has 0 radical (unpaired) electrons. The molecule has 1 aromatic rings. The van der Waals surface area contributed by atoms with E-state index in [9.17, 15) is 4.39 Å². The van der Waals surface area contributed by atoms with Crippen LogP contribution in [-0.2, 0) is 9.47 Å². The lowest BCUT2D eigenvalue weighted by Crippen LogP contribution is -2.51. The number of benzene rings is 1. The Labute approximate surface area is 148 Å². The van der Waals surface area contributed by atoms with Gasteiger partial charge in [0, 0.05) is 65.0 Å². The largest absolute Gasteiger partial charge is 0.381 e. The molecule has 0 aliphatic carbocycles. The molecule has 2 saturated heterocycles. The second-order valence-corrected chi connectivity index (χ2v) is 6.62. The number of hydrogen-bond donors (Lipinski definition) is 1. The average molecular weight is 350 g/mol. The Bertz CT molecular complexity index is 579. The van der Waals surface area contributed by atoms with Gasteiger partial charge in [0.05, 0.1) is 12.1 Å². The summed E-state index contributed by atoms with van der Waals surface area (Å²) in [6.07, 6.45) is 1.69. The quantitative estimate of drug-likeness (QED) is 0.658. The Hall–Kier alpha value is -1.86. The zero-order valence-corrected chi connectivity index (χ0v) is 14.8. The zero-order valence-electron chi connectivity index (χ0n) is 14.8. The number of ether oxygens (including phenoxy) is 2. The zero-order chi connectivity index (χ0) is 17.7. The first-order valence-corrected chi connectivity index (χ1v) is 8.80. The van der Waals surface area contributed by atoms with E-state index in [0.717, 1.165) is 44.7 Å². The summed E-state index contributed by atoms with van der Waals surface area (Å²) < 4.78 is 24.2. The van der Waals surface area contributed by atoms with E-state index in [2.05, 4.69) is 14.8 Å². The first kappa shape index (κ1) is 17.9. The number of halogens is 1. The molecule has 25 heavy (non-hydrogen) atoms. The van der Waals surface area contributed by atoms with Crippen LogP contribution in [0.25, 0.3) is 0 Å². The summed E-state index contributed by atoms with van der Waals surface area (Å²) in [4.78, 5) is 8.93. The average Bonchev–Trinajstić information content (AvgIpc) is 2.67. The number of nitrogens with two attached hydrogens (primary N) is 1. The van der Waals surface area contributed by atoms with E-state index in [1.807, 2.05) is 12.1 Å². The fourth-order valence-electron chi connectivity index (χ4n) is 3.34. The van der Waals surface area contributed by atoms with Crippen molar-refractivity contribution < 1.29 is 13.9 Å². The number of methoxy groups -OCH3 is 1. The van der Waals surface area contributed by atoms with Gasteiger partial charge in [0.1, 0.15) is 5.82 Å². The van der Waals surface area contributed by atoms with Crippen LogP contribution in [0.1, 0.15) is 12.8 Å². The predicted molar refractivity (Wildman–Crippen MR) is 96.5 cm³/mol. The molecule has 0 atom stereocenters. The summed E-state index contributed by atoms with van der Waals surface area (Å²) in [5.41, 5.74) is 6.99. The number of nitrogens with zero attached hydrogens (tertiary/aromatic N) is 3. The molecule has 1 aromatic carbocycles. The highest BCUT2D eigenvalue weighted by Gasteiger charge is 2.32. The van der Waals surface area contributed by atoms with Gasteiger partial charge >= 0.3 is 0 Å². The fraction of sp³-hybridized carbons (Fsp3) is 0.611. The summed E-state index contributed by atoms with van der Waals surface area (Å²) in [7, 11) is 1.73. The minimum atomic E-state index is -0.251. The SMILES string of the molecule is COC1(CN=C(N)N2CCN(c3ccc(F)cc3)CC2)CCOCC1. The van der Waals surface area contributed by atoms with E-state index in [0.29, 0.717) is 25.7 Å². The van der Waals surface area contributed by atoms with E-state index in [4.69, 9.17) is 15.2 Å². The van der Waals surface area contributed by atoms with Crippen LogP contribution in [0.15, 0.2) is 29.3 Å². The summed E-state index contributed by atoms with van der Waals surface area (Å²) in [6.45, 7) is 5.26. The molecule has 0 amide bonds. The van der Waals surface area contributed by atoms with Crippen molar-refractivity contribution in [3.8, 4) is 0 Å². The third kappa shape index (κ3) is 4.41. The van der Waals surface area contributed by atoms with E-state index in [1.54, 1.807) is 7.11 Å². The van der Waals surface area contributed by atoms with E-state index in [-0.39, 0.29) is 11.4 Å². The molecule has 0 unspecified atom stereocenters. The Kier molecular flexibility index (Phi) is 5.75. The molecule has 2 heterocycles. The minimum Gasteiger partial charge on any atom is -0.381 e. The Morgan fingerprint density at radius 3 is 2.44 bits per heavy atom. The summed E-state index contributed by atoms with van der Waals surface area (Å²) in [5.74, 6) is 0.362. The molecular weight excluding hydrogens is 323 g/mol. The van der Waals surface area contributed by atoms with Crippen LogP contribution in [0.4, 0.5) is 10.1 Å². The van der Waals surface area contributed by atoms with Gasteiger partial charge in [-0.1, -0.05) is 0 Å². The number of guanidine groups is 1. The minimum absolute atomic E-state index is 0.209. The van der Waals surface area contributed by atoms with Gasteiger partial charge in [0.25, 0.3) is 0 Å². The molecule has 0 bridgehead atoms. The molecule has 2 fully saturated rings. The van der Waals surface area contributed by atoms with Gasteiger partial charge in [0.2, 0.25) is 0 Å². The number of aliphatic imine (C=N–C) groups is 1. The number of hydrogen-bond acceptors (Lipinski definition) is 4. The second kappa shape index (κ2) is 8.01. The molecule has 2 aliphatic heterocycles. The predicted octanol–water partition coefficient (Wildman–Crippen LogP) is 1.46. The Balaban J connectivity index is 1.53. The van der Waals surface area contributed by atoms with Gasteiger partial charge < -0.3 is 25.0 Å². The second-order valence-electron chi connectivity index (χ2n) is 6.62. The molecule has 6 nitrogen and oxygen atoms in total. The van der Waals surface area contributed by atoms with Crippen molar-refractivity contribution in [2.24, 2.45) is 10.7 Å². The molecule has 138 valence electrons. The van der Waals surface area contributed by atoms with Gasteiger partial charge in [-0.2, -0.15) is 0 Å². The smallest absolute Gasteiger partial charge is 0.191 e. The molecule has 2 aliphatic rings. The van der Waals surface area contributed by atoms with E-state index < -0.39 is 0 Å². The maximum Gasteiger partial charge on any atom is 0.191 e. The lowest BCUT2D eigenvalue weighted by Gasteiger charge is -2.37. The lowest BCUT2D eigenvalue weighted by molar-refractivity contribution is -0.0829. The molecule has 0 aromatic heterocycles. The fourth-order valence-corrected chi connectivity index (χ4v) is 3.34. The van der Waals surface area contributed by atoms with Crippen molar-refractivity contribution >= 4 is 11.6 Å². The third-order valence-corrected chi connectivity index (χ3v) is 5.16. The Morgan fingerprint density at radius 1 is 1.20 bits per heavy atom. The van der Waals surface area contributed by atoms with Crippen molar-refractivity contribution in [3.63, 3.8) is 0 Å². The molecular formula is C18H27FN4O2. The third-order valence-electron chi connectivity index (χ3n) is 5.16. The van der Waals surface area contributed by atoms with Crippen LogP contribution in [0, 0.1) is 5.82 Å². The van der Waals surface area contributed by atoms with Crippen molar-refractivity contribution in [3.05, 3.63) is 30.1 Å². The van der Waals surface area contributed by atoms with Gasteiger partial charge in [-0.15, -0.1) is 0 Å². The maximum atomic E-state index is 13.0. The van der Waals surface area contributed by atoms with Crippen LogP contribution in [0.3, 0.4) is 0 Å². The van der Waals surface area contributed by atoms with Crippen LogP contribution in [0.5, 0.6) is 0 Å². The highest BCUT2D eigenvalue weighted by atomic mass is 19.1. The van der Waals surface area contributed by atoms with Crippen LogP contribution >= 0.6 is 0 Å². The first-order valence-electron chi connectivity index (χ1n) is 8.80. The molecule has 0 spiro atoms. The van der Waals surface area contributed by atoms with Crippen molar-refractivity contribution in [2.45, 2.75) is 18.4 Å². The Morgan fingerprint density at radius 2 is 1.84 bits per heavy atom. The molecule has 7 heteroatoms. The van der Waals surface area contributed by atoms with Gasteiger partial charge in [-0.25, -0.2) is 4.39 Å². The molecule has 3 rings (SSSR count). The van der Waals surface area contributed by atoms with E-state index in [1.165, 1.54) is 12.1 Å². The van der Waals surface area contributed by atoms with Crippen molar-refractivity contribution in [2.75, 3.05) is 57.9 Å². The summed E-state index contributed by atoms with van der Waals surface area (Å²) >= 11 is 0. The normalized spacial score (nSPS) is 21.4. The topological polar surface area (TPSA) is 63.3 Å². The molecule has 0 saturated carbocycles. The van der Waals surface area contributed by atoms with Gasteiger partial charge in [-0.3, -0.25) is 4.99 Å². The van der Waals surface area contributed by atoms with Crippen LogP contribution < -0.4 is 10.6 Å². The standard InChI is InChI=1S/C18H27FN4O2/c1-24-18(6-12-25-13-7-18)14-21-17(20)23-10-8-22(9-11-23)16-4-2-15(19)3-5-16/h2-5H,6-14H2,1H3,(H2,20,21).